The predicted molar refractivity (Wildman–Crippen MR) is 124 cm³/mol. The van der Waals surface area contributed by atoms with E-state index in [1.54, 1.807) is 12.1 Å². The Bertz CT molecular complexity index is 1100. The van der Waals surface area contributed by atoms with Gasteiger partial charge in [0.1, 0.15) is 5.82 Å². The molecule has 3 rings (SSSR count). The summed E-state index contributed by atoms with van der Waals surface area (Å²) in [6.07, 6.45) is 0.493. The van der Waals surface area contributed by atoms with Crippen LogP contribution in [-0.4, -0.2) is 38.9 Å². The Kier molecular flexibility index (Phi) is 7.95. The first kappa shape index (κ1) is 23.1. The van der Waals surface area contributed by atoms with Crippen LogP contribution in [0.25, 0.3) is 0 Å². The van der Waals surface area contributed by atoms with Crippen molar-refractivity contribution in [2.45, 2.75) is 18.5 Å². The Hall–Kier alpha value is -2.55. The molecule has 0 aliphatic heterocycles. The number of rotatable bonds is 8. The molecule has 1 aromatic heterocycles. The largest absolute Gasteiger partial charge is 0.352 e. The fraction of sp³-hybridized carbons (Fsp3) is 0.238. The number of hydrogen-bond donors (Lipinski definition) is 2. The first-order valence-electron chi connectivity index (χ1n) is 9.44. The van der Waals surface area contributed by atoms with E-state index in [9.17, 15) is 9.59 Å². The Morgan fingerprint density at radius 3 is 2.65 bits per heavy atom. The number of amides is 2. The van der Waals surface area contributed by atoms with Gasteiger partial charge in [-0.3, -0.25) is 9.59 Å². The van der Waals surface area contributed by atoms with Gasteiger partial charge in [0.05, 0.1) is 15.8 Å². The second kappa shape index (κ2) is 10.7. The van der Waals surface area contributed by atoms with Crippen LogP contribution in [0.2, 0.25) is 10.0 Å². The van der Waals surface area contributed by atoms with Crippen LogP contribution in [0.15, 0.2) is 47.6 Å². The van der Waals surface area contributed by atoms with Crippen molar-refractivity contribution in [3.05, 3.63) is 69.5 Å². The molecule has 0 unspecified atom stereocenters. The van der Waals surface area contributed by atoms with E-state index < -0.39 is 0 Å². The maximum atomic E-state index is 12.2. The zero-order valence-corrected chi connectivity index (χ0v) is 19.3. The predicted octanol–water partition coefficient (Wildman–Crippen LogP) is 4.13. The Balaban J connectivity index is 1.47. The molecule has 0 bridgehead atoms. The average molecular weight is 478 g/mol. The summed E-state index contributed by atoms with van der Waals surface area (Å²) < 4.78 is 1.82. The minimum Gasteiger partial charge on any atom is -0.352 e. The third-order valence-electron chi connectivity index (χ3n) is 4.38. The van der Waals surface area contributed by atoms with Crippen LogP contribution in [0, 0.1) is 6.92 Å². The van der Waals surface area contributed by atoms with E-state index in [0.717, 1.165) is 11.3 Å². The molecular formula is C21H21Cl2N5O2S. The number of carbonyl (C=O) groups is 2. The lowest BCUT2D eigenvalue weighted by Gasteiger charge is -2.07. The average Bonchev–Trinajstić information content (AvgIpc) is 3.08. The number of anilines is 1. The lowest BCUT2D eigenvalue weighted by atomic mass is 10.2. The molecule has 10 heteroatoms. The summed E-state index contributed by atoms with van der Waals surface area (Å²) in [5.41, 5.74) is 2.28. The van der Waals surface area contributed by atoms with Gasteiger partial charge in [0.2, 0.25) is 5.91 Å². The molecule has 2 aromatic carbocycles. The maximum absolute atomic E-state index is 12.2. The number of nitrogens with zero attached hydrogens (tertiary/aromatic N) is 3. The first-order valence-corrected chi connectivity index (χ1v) is 11.2. The van der Waals surface area contributed by atoms with Crippen LogP contribution in [0.5, 0.6) is 0 Å². The van der Waals surface area contributed by atoms with Crippen LogP contribution < -0.4 is 10.6 Å². The van der Waals surface area contributed by atoms with Gasteiger partial charge >= 0.3 is 0 Å². The molecule has 2 N–H and O–H groups in total. The monoisotopic (exact) mass is 477 g/mol. The summed E-state index contributed by atoms with van der Waals surface area (Å²) in [6, 6.07) is 12.4. The van der Waals surface area contributed by atoms with E-state index in [-0.39, 0.29) is 17.6 Å². The standard InChI is InChI=1S/C21H21Cl2N5O2S/c1-13-4-3-5-15(10-13)25-19(29)12-31-21-27-26-18(28(21)2)8-9-24-20(30)14-6-7-16(22)17(23)11-14/h3-7,10-11H,8-9,12H2,1-2H3,(H,24,30)(H,25,29). The van der Waals surface area contributed by atoms with Gasteiger partial charge in [-0.25, -0.2) is 0 Å². The smallest absolute Gasteiger partial charge is 0.251 e. The van der Waals surface area contributed by atoms with Gasteiger partial charge in [-0.2, -0.15) is 0 Å². The van der Waals surface area contributed by atoms with Crippen molar-refractivity contribution < 1.29 is 9.59 Å². The molecule has 0 spiro atoms. The van der Waals surface area contributed by atoms with Crippen LogP contribution in [0.4, 0.5) is 5.69 Å². The zero-order chi connectivity index (χ0) is 22.4. The van der Waals surface area contributed by atoms with Crippen molar-refractivity contribution in [3.8, 4) is 0 Å². The van der Waals surface area contributed by atoms with Gasteiger partial charge in [-0.1, -0.05) is 47.1 Å². The van der Waals surface area contributed by atoms with Gasteiger partial charge in [0.15, 0.2) is 5.16 Å². The number of carbonyl (C=O) groups excluding carboxylic acids is 2. The molecule has 0 aliphatic rings. The summed E-state index contributed by atoms with van der Waals surface area (Å²) >= 11 is 13.1. The van der Waals surface area contributed by atoms with E-state index in [4.69, 9.17) is 23.2 Å². The fourth-order valence-corrected chi connectivity index (χ4v) is 3.79. The summed E-state index contributed by atoms with van der Waals surface area (Å²) in [7, 11) is 1.83. The third-order valence-corrected chi connectivity index (χ3v) is 6.13. The van der Waals surface area contributed by atoms with Crippen molar-refractivity contribution in [1.29, 1.82) is 0 Å². The molecule has 0 aliphatic carbocycles. The molecule has 1 heterocycles. The molecule has 31 heavy (non-hydrogen) atoms. The first-order chi connectivity index (χ1) is 14.8. The normalized spacial score (nSPS) is 10.7. The highest BCUT2D eigenvalue weighted by atomic mass is 35.5. The van der Waals surface area contributed by atoms with E-state index >= 15 is 0 Å². The number of nitrogens with one attached hydrogen (secondary N) is 2. The fourth-order valence-electron chi connectivity index (χ4n) is 2.77. The summed E-state index contributed by atoms with van der Waals surface area (Å²) in [5.74, 6) is 0.557. The highest BCUT2D eigenvalue weighted by Gasteiger charge is 2.13. The van der Waals surface area contributed by atoms with Crippen LogP contribution >= 0.6 is 35.0 Å². The Morgan fingerprint density at radius 1 is 1.10 bits per heavy atom. The van der Waals surface area contributed by atoms with Gasteiger partial charge in [-0.05, 0) is 42.8 Å². The Labute approximate surface area is 194 Å². The number of hydrogen-bond acceptors (Lipinski definition) is 5. The zero-order valence-electron chi connectivity index (χ0n) is 17.0. The second-order valence-corrected chi connectivity index (χ2v) is 8.56. The van der Waals surface area contributed by atoms with Crippen molar-refractivity contribution >= 4 is 52.5 Å². The third kappa shape index (κ3) is 6.46. The highest BCUT2D eigenvalue weighted by molar-refractivity contribution is 7.99. The van der Waals surface area contributed by atoms with Gasteiger partial charge in [0.25, 0.3) is 5.91 Å². The highest BCUT2D eigenvalue weighted by Crippen LogP contribution is 2.22. The van der Waals surface area contributed by atoms with Gasteiger partial charge in [-0.15, -0.1) is 10.2 Å². The number of benzene rings is 2. The molecule has 0 saturated carbocycles. The minimum absolute atomic E-state index is 0.117. The van der Waals surface area contributed by atoms with E-state index in [1.807, 2.05) is 42.8 Å². The van der Waals surface area contributed by atoms with Crippen LogP contribution in [0.1, 0.15) is 21.7 Å². The molecule has 0 fully saturated rings. The molecule has 162 valence electrons. The number of aryl methyl sites for hydroxylation is 1. The van der Waals surface area contributed by atoms with Gasteiger partial charge < -0.3 is 15.2 Å². The molecule has 2 amide bonds. The van der Waals surface area contributed by atoms with Crippen LogP contribution in [-0.2, 0) is 18.3 Å². The van der Waals surface area contributed by atoms with E-state index in [2.05, 4.69) is 20.8 Å². The molecule has 3 aromatic rings. The van der Waals surface area contributed by atoms with Gasteiger partial charge in [0, 0.05) is 31.3 Å². The molecule has 7 nitrogen and oxygen atoms in total. The summed E-state index contributed by atoms with van der Waals surface area (Å²) in [6.45, 7) is 2.35. The molecular weight excluding hydrogens is 457 g/mol. The number of halogens is 2. The van der Waals surface area contributed by atoms with E-state index in [0.29, 0.717) is 39.6 Å². The molecule has 0 atom stereocenters. The van der Waals surface area contributed by atoms with Crippen LogP contribution in [0.3, 0.4) is 0 Å². The summed E-state index contributed by atoms with van der Waals surface area (Å²) in [4.78, 5) is 24.4. The van der Waals surface area contributed by atoms with E-state index in [1.165, 1.54) is 17.8 Å². The minimum atomic E-state index is -0.247. The number of thioether (sulfide) groups is 1. The second-order valence-electron chi connectivity index (χ2n) is 6.80. The number of aromatic nitrogens is 3. The lowest BCUT2D eigenvalue weighted by Crippen LogP contribution is -2.26. The quantitative estimate of drug-likeness (QED) is 0.476. The lowest BCUT2D eigenvalue weighted by molar-refractivity contribution is -0.113. The maximum Gasteiger partial charge on any atom is 0.251 e. The Morgan fingerprint density at radius 2 is 1.90 bits per heavy atom. The molecule has 0 radical (unpaired) electrons. The van der Waals surface area contributed by atoms with Crippen molar-refractivity contribution in [2.24, 2.45) is 7.05 Å². The molecule has 0 saturated heterocycles. The SMILES string of the molecule is Cc1cccc(NC(=O)CSc2nnc(CCNC(=O)c3ccc(Cl)c(Cl)c3)n2C)c1. The summed E-state index contributed by atoms with van der Waals surface area (Å²) in [5, 5.41) is 15.3. The van der Waals surface area contributed by atoms with Crippen molar-refractivity contribution in [2.75, 3.05) is 17.6 Å². The van der Waals surface area contributed by atoms with Crippen molar-refractivity contribution in [3.63, 3.8) is 0 Å². The topological polar surface area (TPSA) is 88.9 Å². The van der Waals surface area contributed by atoms with Crippen molar-refractivity contribution in [1.82, 2.24) is 20.1 Å².